The molecule has 1 aromatic heterocycles. The average molecular weight is 232 g/mol. The fourth-order valence-corrected chi connectivity index (χ4v) is 1.26. The van der Waals surface area contributed by atoms with Crippen molar-refractivity contribution in [3.05, 3.63) is 17.0 Å². The fraction of sp³-hybridized carbons (Fsp3) is 0.429. The van der Waals surface area contributed by atoms with Crippen LogP contribution in [0.2, 0.25) is 0 Å². The summed E-state index contributed by atoms with van der Waals surface area (Å²) in [7, 11) is 1.80. The summed E-state index contributed by atoms with van der Waals surface area (Å²) >= 11 is 3.32. The van der Waals surface area contributed by atoms with Gasteiger partial charge in [0, 0.05) is 13.2 Å². The number of anilines is 1. The van der Waals surface area contributed by atoms with Crippen LogP contribution in [0.5, 0.6) is 0 Å². The van der Waals surface area contributed by atoms with Crippen molar-refractivity contribution in [2.24, 2.45) is 0 Å². The molecule has 1 aromatic rings. The van der Waals surface area contributed by atoms with Gasteiger partial charge in [0.05, 0.1) is 11.1 Å². The van der Waals surface area contributed by atoms with Crippen molar-refractivity contribution in [2.75, 3.05) is 18.7 Å². The first-order chi connectivity index (χ1) is 5.75. The first-order valence-electron chi connectivity index (χ1n) is 3.58. The second-order valence-corrected chi connectivity index (χ2v) is 2.96. The molecular weight excluding hydrogens is 222 g/mol. The van der Waals surface area contributed by atoms with Gasteiger partial charge in [0.2, 0.25) is 0 Å². The molecule has 0 aromatic carbocycles. The summed E-state index contributed by atoms with van der Waals surface area (Å²) in [4.78, 5) is 13.1. The number of aromatic nitrogens is 2. The van der Waals surface area contributed by atoms with Crippen LogP contribution in [0, 0.1) is 0 Å². The van der Waals surface area contributed by atoms with E-state index in [4.69, 9.17) is 4.84 Å². The van der Waals surface area contributed by atoms with E-state index in [0.717, 1.165) is 10.3 Å². The molecule has 1 rings (SSSR count). The molecule has 0 aliphatic heterocycles. The van der Waals surface area contributed by atoms with E-state index in [1.165, 1.54) is 6.33 Å². The Morgan fingerprint density at radius 3 is 3.00 bits per heavy atom. The molecule has 0 N–H and O–H groups in total. The van der Waals surface area contributed by atoms with E-state index in [-0.39, 0.29) is 0 Å². The third kappa shape index (κ3) is 2.15. The van der Waals surface area contributed by atoms with Gasteiger partial charge >= 0.3 is 0 Å². The van der Waals surface area contributed by atoms with E-state index in [1.54, 1.807) is 18.3 Å². The summed E-state index contributed by atoms with van der Waals surface area (Å²) in [6.45, 7) is 2.54. The maximum Gasteiger partial charge on any atom is 0.169 e. The first-order valence-corrected chi connectivity index (χ1v) is 4.37. The van der Waals surface area contributed by atoms with Gasteiger partial charge < -0.3 is 0 Å². The zero-order valence-electron chi connectivity index (χ0n) is 6.99. The molecular formula is C7H10BrN3O. The van der Waals surface area contributed by atoms with Gasteiger partial charge in [-0.1, -0.05) is 0 Å². The summed E-state index contributed by atoms with van der Waals surface area (Å²) < 4.78 is 0.820. The molecule has 4 nitrogen and oxygen atoms in total. The highest BCUT2D eigenvalue weighted by atomic mass is 79.9. The molecule has 0 spiro atoms. The van der Waals surface area contributed by atoms with E-state index >= 15 is 0 Å². The lowest BCUT2D eigenvalue weighted by molar-refractivity contribution is 0.132. The fourth-order valence-electron chi connectivity index (χ4n) is 0.793. The first kappa shape index (κ1) is 9.41. The Morgan fingerprint density at radius 2 is 2.42 bits per heavy atom. The van der Waals surface area contributed by atoms with Crippen LogP contribution in [0.15, 0.2) is 17.0 Å². The minimum atomic E-state index is 0.618. The maximum atomic E-state index is 5.22. The molecule has 66 valence electrons. The molecule has 0 atom stereocenters. The molecule has 0 saturated heterocycles. The van der Waals surface area contributed by atoms with E-state index < -0.39 is 0 Å². The quantitative estimate of drug-likeness (QED) is 0.742. The van der Waals surface area contributed by atoms with Crippen LogP contribution in [0.4, 0.5) is 5.82 Å². The smallest absolute Gasteiger partial charge is 0.169 e. The molecule has 0 radical (unpaired) electrons. The minimum absolute atomic E-state index is 0.618. The van der Waals surface area contributed by atoms with Crippen molar-refractivity contribution >= 4 is 21.7 Å². The predicted octanol–water partition coefficient (Wildman–Crippen LogP) is 1.63. The van der Waals surface area contributed by atoms with E-state index in [9.17, 15) is 0 Å². The van der Waals surface area contributed by atoms with Crippen molar-refractivity contribution in [1.29, 1.82) is 0 Å². The van der Waals surface area contributed by atoms with Crippen molar-refractivity contribution in [2.45, 2.75) is 6.92 Å². The molecule has 1 heterocycles. The minimum Gasteiger partial charge on any atom is -0.273 e. The van der Waals surface area contributed by atoms with Crippen molar-refractivity contribution in [3.63, 3.8) is 0 Å². The summed E-state index contributed by atoms with van der Waals surface area (Å²) in [5.41, 5.74) is 0. The molecule has 12 heavy (non-hydrogen) atoms. The molecule has 0 unspecified atom stereocenters. The Labute approximate surface area is 79.7 Å². The molecule has 0 fully saturated rings. The summed E-state index contributed by atoms with van der Waals surface area (Å²) in [5.74, 6) is 0.729. The van der Waals surface area contributed by atoms with Crippen LogP contribution in [0.3, 0.4) is 0 Å². The van der Waals surface area contributed by atoms with Crippen LogP contribution < -0.4 is 5.06 Å². The lowest BCUT2D eigenvalue weighted by Crippen LogP contribution is -2.19. The number of halogens is 1. The molecule has 0 aliphatic rings. The van der Waals surface area contributed by atoms with Crippen LogP contribution in [-0.4, -0.2) is 23.6 Å². The molecule has 5 heteroatoms. The van der Waals surface area contributed by atoms with Gasteiger partial charge in [0.25, 0.3) is 0 Å². The highest BCUT2D eigenvalue weighted by Gasteiger charge is 2.05. The van der Waals surface area contributed by atoms with Gasteiger partial charge in [0.15, 0.2) is 5.82 Å². The van der Waals surface area contributed by atoms with E-state index in [2.05, 4.69) is 25.9 Å². The molecule has 0 aliphatic carbocycles. The highest BCUT2D eigenvalue weighted by molar-refractivity contribution is 9.10. The van der Waals surface area contributed by atoms with Gasteiger partial charge in [0.1, 0.15) is 6.33 Å². The normalized spacial score (nSPS) is 9.92. The average Bonchev–Trinajstić information content (AvgIpc) is 2.05. The summed E-state index contributed by atoms with van der Waals surface area (Å²) in [5, 5.41) is 1.60. The monoisotopic (exact) mass is 231 g/mol. The number of nitrogens with zero attached hydrogens (tertiary/aromatic N) is 3. The number of rotatable bonds is 3. The Bertz CT molecular complexity index is 256. The molecule has 0 amide bonds. The van der Waals surface area contributed by atoms with Gasteiger partial charge in [-0.05, 0) is 22.9 Å². The Balaban J connectivity index is 2.79. The van der Waals surface area contributed by atoms with Gasteiger partial charge in [-0.2, -0.15) is 0 Å². The van der Waals surface area contributed by atoms with Crippen molar-refractivity contribution < 1.29 is 4.84 Å². The van der Waals surface area contributed by atoms with E-state index in [0.29, 0.717) is 6.61 Å². The van der Waals surface area contributed by atoms with Crippen LogP contribution >= 0.6 is 15.9 Å². The zero-order valence-corrected chi connectivity index (χ0v) is 8.58. The van der Waals surface area contributed by atoms with Gasteiger partial charge in [-0.25, -0.2) is 15.0 Å². The maximum absolute atomic E-state index is 5.22. The number of hydroxylamine groups is 1. The van der Waals surface area contributed by atoms with Crippen LogP contribution in [0.1, 0.15) is 6.92 Å². The SMILES string of the molecule is CCON(C)c1ncncc1Br. The van der Waals surface area contributed by atoms with Crippen LogP contribution in [0.25, 0.3) is 0 Å². The third-order valence-electron chi connectivity index (χ3n) is 1.27. The predicted molar refractivity (Wildman–Crippen MR) is 49.8 cm³/mol. The Morgan fingerprint density at radius 1 is 1.67 bits per heavy atom. The molecule has 0 saturated carbocycles. The second kappa shape index (κ2) is 4.37. The lowest BCUT2D eigenvalue weighted by atomic mass is 10.6. The second-order valence-electron chi connectivity index (χ2n) is 2.11. The standard InChI is InChI=1S/C7H10BrN3O/c1-3-12-11(2)7-6(8)4-9-5-10-7/h4-5H,3H2,1-2H3. The highest BCUT2D eigenvalue weighted by Crippen LogP contribution is 2.20. The molecule has 0 bridgehead atoms. The largest absolute Gasteiger partial charge is 0.273 e. The zero-order chi connectivity index (χ0) is 8.97. The lowest BCUT2D eigenvalue weighted by Gasteiger charge is -2.16. The van der Waals surface area contributed by atoms with Crippen molar-refractivity contribution in [1.82, 2.24) is 9.97 Å². The third-order valence-corrected chi connectivity index (χ3v) is 1.83. The number of hydrogen-bond acceptors (Lipinski definition) is 4. The summed E-state index contributed by atoms with van der Waals surface area (Å²) in [6, 6.07) is 0. The van der Waals surface area contributed by atoms with Crippen molar-refractivity contribution in [3.8, 4) is 0 Å². The topological polar surface area (TPSA) is 38.2 Å². The summed E-state index contributed by atoms with van der Waals surface area (Å²) in [6.07, 6.45) is 3.16. The van der Waals surface area contributed by atoms with Gasteiger partial charge in [-0.15, -0.1) is 0 Å². The van der Waals surface area contributed by atoms with Gasteiger partial charge in [-0.3, -0.25) is 4.84 Å². The Kier molecular flexibility index (Phi) is 3.43. The Hall–Kier alpha value is -0.680. The van der Waals surface area contributed by atoms with E-state index in [1.807, 2.05) is 6.92 Å². The van der Waals surface area contributed by atoms with Crippen LogP contribution in [-0.2, 0) is 4.84 Å². The number of hydrogen-bond donors (Lipinski definition) is 0.